The van der Waals surface area contributed by atoms with Crippen LogP contribution >= 0.6 is 23.2 Å². The van der Waals surface area contributed by atoms with E-state index in [1.165, 1.54) is 0 Å². The zero-order chi connectivity index (χ0) is 8.85. The van der Waals surface area contributed by atoms with E-state index >= 15 is 0 Å². The summed E-state index contributed by atoms with van der Waals surface area (Å²) in [7, 11) is 0. The molecule has 1 aromatic heterocycles. The van der Waals surface area contributed by atoms with E-state index in [2.05, 4.69) is 4.98 Å². The molecule has 0 atom stereocenters. The van der Waals surface area contributed by atoms with Crippen LogP contribution in [0.4, 0.5) is 0 Å². The van der Waals surface area contributed by atoms with E-state index in [0.717, 1.165) is 5.56 Å². The quantitative estimate of drug-likeness (QED) is 0.570. The number of aromatic nitrogens is 1. The highest BCUT2D eigenvalue weighted by molar-refractivity contribution is 6.35. The van der Waals surface area contributed by atoms with Crippen LogP contribution in [-0.2, 0) is 0 Å². The first-order chi connectivity index (χ1) is 5.22. The van der Waals surface area contributed by atoms with Crippen LogP contribution in [0.1, 0.15) is 19.4 Å². The first-order valence-electron chi connectivity index (χ1n) is 3.48. The summed E-state index contributed by atoms with van der Waals surface area (Å²) in [6, 6.07) is 1.71. The van der Waals surface area contributed by atoms with Gasteiger partial charge in [-0.2, -0.15) is 0 Å². The maximum absolute atomic E-state index is 5.69. The Hall–Kier alpha value is -0.270. The smallest absolute Gasteiger partial charge is 0.133 e. The molecule has 0 N–H and O–H groups in total. The molecule has 0 saturated carbocycles. The molecule has 11 heavy (non-hydrogen) atoms. The van der Waals surface area contributed by atoms with Crippen molar-refractivity contribution in [3.05, 3.63) is 28.0 Å². The molecule has 0 bridgehead atoms. The molecule has 0 unspecified atom stereocenters. The van der Waals surface area contributed by atoms with Crippen LogP contribution in [0.3, 0.4) is 0 Å². The maximum atomic E-state index is 5.69. The molecule has 1 heterocycles. The Labute approximate surface area is 77.4 Å². The summed E-state index contributed by atoms with van der Waals surface area (Å²) in [5, 5.41) is 1.14. The van der Waals surface area contributed by atoms with Gasteiger partial charge in [0.05, 0.1) is 0 Å². The summed E-state index contributed by atoms with van der Waals surface area (Å²) in [5.74, 6) is 0. The molecule has 62 valence electrons. The molecule has 0 aliphatic heterocycles. The number of pyridine rings is 1. The molecule has 0 radical (unpaired) electrons. The molecule has 1 nitrogen and oxygen atoms in total. The average Bonchev–Trinajstić information content (AvgIpc) is 2.04. The summed E-state index contributed by atoms with van der Waals surface area (Å²) >= 11 is 11.3. The highest BCUT2D eigenvalue weighted by Gasteiger charge is 1.97. The predicted octanol–water partition coefficient (Wildman–Crippen LogP) is 3.72. The summed E-state index contributed by atoms with van der Waals surface area (Å²) in [6.45, 7) is 5.83. The van der Waals surface area contributed by atoms with Crippen molar-refractivity contribution < 1.29 is 0 Å². The zero-order valence-electron chi connectivity index (χ0n) is 6.86. The molecule has 0 aliphatic rings. The molecule has 0 saturated heterocycles. The summed E-state index contributed by atoms with van der Waals surface area (Å²) in [5.41, 5.74) is 0.834. The van der Waals surface area contributed by atoms with E-state index in [1.807, 2.05) is 20.8 Å². The van der Waals surface area contributed by atoms with Crippen LogP contribution < -0.4 is 0 Å². The van der Waals surface area contributed by atoms with E-state index in [-0.39, 0.29) is 0 Å². The molecule has 0 fully saturated rings. The van der Waals surface area contributed by atoms with E-state index in [4.69, 9.17) is 23.2 Å². The number of halogens is 2. The largest absolute Gasteiger partial charge is 0.244 e. The first kappa shape index (κ1) is 10.7. The van der Waals surface area contributed by atoms with Gasteiger partial charge in [0.2, 0.25) is 0 Å². The standard InChI is InChI=1S/C6H5Cl2N.C2H6/c1-4-5(7)2-3-9-6(4)8;1-2/h2-3H,1H3;1-2H3. The maximum Gasteiger partial charge on any atom is 0.133 e. The van der Waals surface area contributed by atoms with Gasteiger partial charge < -0.3 is 0 Å². The minimum Gasteiger partial charge on any atom is -0.244 e. The van der Waals surface area contributed by atoms with Gasteiger partial charge in [-0.1, -0.05) is 37.0 Å². The summed E-state index contributed by atoms with van der Waals surface area (Å²) in [6.07, 6.45) is 1.58. The fourth-order valence-corrected chi connectivity index (χ4v) is 0.841. The van der Waals surface area contributed by atoms with Crippen molar-refractivity contribution in [2.75, 3.05) is 0 Å². The lowest BCUT2D eigenvalue weighted by Gasteiger charge is -1.95. The lowest BCUT2D eigenvalue weighted by atomic mass is 10.3. The van der Waals surface area contributed by atoms with Crippen molar-refractivity contribution in [3.8, 4) is 0 Å². The van der Waals surface area contributed by atoms with Gasteiger partial charge in [0.25, 0.3) is 0 Å². The molecule has 3 heteroatoms. The van der Waals surface area contributed by atoms with Crippen LogP contribution in [0.2, 0.25) is 10.2 Å². The van der Waals surface area contributed by atoms with Gasteiger partial charge in [0.1, 0.15) is 5.15 Å². The van der Waals surface area contributed by atoms with Crippen LogP contribution in [0.5, 0.6) is 0 Å². The van der Waals surface area contributed by atoms with Crippen molar-refractivity contribution in [3.63, 3.8) is 0 Å². The predicted molar refractivity (Wildman–Crippen MR) is 50.3 cm³/mol. The fraction of sp³-hybridized carbons (Fsp3) is 0.375. The Morgan fingerprint density at radius 1 is 1.27 bits per heavy atom. The monoisotopic (exact) mass is 191 g/mol. The Bertz CT molecular complexity index is 203. The fourth-order valence-electron chi connectivity index (χ4n) is 0.489. The topological polar surface area (TPSA) is 12.9 Å². The van der Waals surface area contributed by atoms with Crippen LogP contribution in [0.15, 0.2) is 12.3 Å². The molecule has 0 spiro atoms. The molecule has 0 amide bonds. The van der Waals surface area contributed by atoms with Gasteiger partial charge in [0.15, 0.2) is 0 Å². The van der Waals surface area contributed by atoms with Gasteiger partial charge in [-0.15, -0.1) is 0 Å². The highest BCUT2D eigenvalue weighted by atomic mass is 35.5. The lowest BCUT2D eigenvalue weighted by molar-refractivity contribution is 1.27. The van der Waals surface area contributed by atoms with E-state index in [0.29, 0.717) is 10.2 Å². The Balaban J connectivity index is 0.000000461. The summed E-state index contributed by atoms with van der Waals surface area (Å²) in [4.78, 5) is 3.82. The van der Waals surface area contributed by atoms with Gasteiger partial charge in [0, 0.05) is 16.8 Å². The third-order valence-electron chi connectivity index (χ3n) is 1.08. The third-order valence-corrected chi connectivity index (χ3v) is 1.87. The van der Waals surface area contributed by atoms with Crippen molar-refractivity contribution in [1.82, 2.24) is 4.98 Å². The van der Waals surface area contributed by atoms with Crippen LogP contribution in [0.25, 0.3) is 0 Å². The molecule has 1 rings (SSSR count). The number of hydrogen-bond acceptors (Lipinski definition) is 1. The second-order valence-corrected chi connectivity index (χ2v) is 2.47. The minimum absolute atomic E-state index is 0.475. The zero-order valence-corrected chi connectivity index (χ0v) is 8.37. The Morgan fingerprint density at radius 3 is 2.18 bits per heavy atom. The second kappa shape index (κ2) is 5.39. The number of rotatable bonds is 0. The molecular weight excluding hydrogens is 181 g/mol. The average molecular weight is 192 g/mol. The lowest BCUT2D eigenvalue weighted by Crippen LogP contribution is -1.79. The molecular formula is C8H11Cl2N. The van der Waals surface area contributed by atoms with Crippen LogP contribution in [0, 0.1) is 6.92 Å². The van der Waals surface area contributed by atoms with Crippen molar-refractivity contribution in [2.45, 2.75) is 20.8 Å². The van der Waals surface area contributed by atoms with Gasteiger partial charge in [-0.05, 0) is 13.0 Å². The Kier molecular flexibility index (Phi) is 5.26. The van der Waals surface area contributed by atoms with Crippen LogP contribution in [-0.4, -0.2) is 4.98 Å². The molecule has 1 aromatic rings. The van der Waals surface area contributed by atoms with E-state index < -0.39 is 0 Å². The normalized spacial score (nSPS) is 8.45. The van der Waals surface area contributed by atoms with E-state index in [1.54, 1.807) is 12.3 Å². The van der Waals surface area contributed by atoms with Gasteiger partial charge >= 0.3 is 0 Å². The second-order valence-electron chi connectivity index (χ2n) is 1.71. The van der Waals surface area contributed by atoms with Gasteiger partial charge in [-0.25, -0.2) is 4.98 Å². The van der Waals surface area contributed by atoms with Crippen molar-refractivity contribution in [1.29, 1.82) is 0 Å². The molecule has 0 aliphatic carbocycles. The van der Waals surface area contributed by atoms with Crippen molar-refractivity contribution in [2.24, 2.45) is 0 Å². The SMILES string of the molecule is CC.Cc1c(Cl)ccnc1Cl. The van der Waals surface area contributed by atoms with Crippen molar-refractivity contribution >= 4 is 23.2 Å². The Morgan fingerprint density at radius 2 is 1.82 bits per heavy atom. The minimum atomic E-state index is 0.475. The first-order valence-corrected chi connectivity index (χ1v) is 4.24. The highest BCUT2D eigenvalue weighted by Crippen LogP contribution is 2.19. The third kappa shape index (κ3) is 3.08. The van der Waals surface area contributed by atoms with E-state index in [9.17, 15) is 0 Å². The number of nitrogens with zero attached hydrogens (tertiary/aromatic N) is 1. The summed E-state index contributed by atoms with van der Waals surface area (Å²) < 4.78 is 0. The number of hydrogen-bond donors (Lipinski definition) is 0. The van der Waals surface area contributed by atoms with Gasteiger partial charge in [-0.3, -0.25) is 0 Å². The molecule has 0 aromatic carbocycles.